The number of anilines is 1. The van der Waals surface area contributed by atoms with Crippen LogP contribution in [0.15, 0.2) is 67.0 Å². The predicted octanol–water partition coefficient (Wildman–Crippen LogP) is 2.76. The molecule has 2 aliphatic heterocycles. The summed E-state index contributed by atoms with van der Waals surface area (Å²) in [5.74, 6) is -0.287. The zero-order chi connectivity index (χ0) is 31.6. The molecule has 16 heteroatoms. The van der Waals surface area contributed by atoms with Crippen molar-refractivity contribution in [2.75, 3.05) is 26.1 Å². The van der Waals surface area contributed by atoms with E-state index < -0.39 is 50.4 Å². The van der Waals surface area contributed by atoms with Crippen LogP contribution in [0.4, 0.5) is 5.95 Å². The third-order valence-corrected chi connectivity index (χ3v) is 9.24. The van der Waals surface area contributed by atoms with E-state index in [-0.39, 0.29) is 24.2 Å². The summed E-state index contributed by atoms with van der Waals surface area (Å²) in [6.07, 6.45) is -1.20. The zero-order valence-electron chi connectivity index (χ0n) is 24.5. The van der Waals surface area contributed by atoms with E-state index in [1.54, 1.807) is 34.9 Å². The van der Waals surface area contributed by atoms with E-state index in [1.165, 1.54) is 20.4 Å². The number of esters is 1. The fourth-order valence-corrected chi connectivity index (χ4v) is 6.76. The van der Waals surface area contributed by atoms with Gasteiger partial charge in [-0.05, 0) is 24.6 Å². The van der Waals surface area contributed by atoms with Gasteiger partial charge < -0.3 is 34.3 Å². The number of nitrogens with one attached hydrogen (secondary N) is 1. The van der Waals surface area contributed by atoms with Crippen LogP contribution in [0.2, 0.25) is 0 Å². The van der Waals surface area contributed by atoms with Gasteiger partial charge in [0.25, 0.3) is 0 Å². The standard InChI is InChI=1S/C29H33N6O9P/c1-18(26(37)40-15-19-9-5-3-6-10-19)34-45(38,44-20-11-7-4-8-12-20)42-16-21-23(36)29(13-14-41-29)27(43-21)35-17-31-22-24(35)32-28(30)33-25(22)39-2/h3-12,17-18,21,23,27,36H,13-16H2,1-2H3,(H,34,38)(H2,30,32,33)/t18-,21+,23+,27+,29+,45+/m0/s1. The molecular weight excluding hydrogens is 607 g/mol. The third-order valence-electron chi connectivity index (χ3n) is 7.60. The van der Waals surface area contributed by atoms with Gasteiger partial charge in [-0.3, -0.25) is 13.9 Å². The first kappa shape index (κ1) is 30.9. The number of aliphatic hydroxyl groups excluding tert-OH is 1. The van der Waals surface area contributed by atoms with Crippen molar-refractivity contribution < 1.29 is 42.5 Å². The number of carbonyl (C=O) groups excluding carboxylic acids is 1. The first-order valence-corrected chi connectivity index (χ1v) is 15.7. The second-order valence-corrected chi connectivity index (χ2v) is 12.3. The van der Waals surface area contributed by atoms with Crippen LogP contribution in [-0.2, 0) is 34.7 Å². The average Bonchev–Trinajstić information content (AvgIpc) is 3.57. The van der Waals surface area contributed by atoms with Crippen LogP contribution in [0, 0.1) is 0 Å². The largest absolute Gasteiger partial charge is 0.479 e. The fraction of sp³-hybridized carbons (Fsp3) is 0.379. The number of aromatic nitrogens is 4. The van der Waals surface area contributed by atoms with Gasteiger partial charge in [0.15, 0.2) is 17.4 Å². The van der Waals surface area contributed by atoms with Crippen LogP contribution in [0.3, 0.4) is 0 Å². The molecule has 6 atom stereocenters. The van der Waals surface area contributed by atoms with Crippen LogP contribution in [0.5, 0.6) is 11.6 Å². The topological polar surface area (TPSA) is 191 Å². The molecule has 45 heavy (non-hydrogen) atoms. The van der Waals surface area contributed by atoms with E-state index in [2.05, 4.69) is 20.0 Å². The summed E-state index contributed by atoms with van der Waals surface area (Å²) in [5, 5.41) is 14.1. The molecule has 2 aromatic heterocycles. The SMILES string of the molecule is COc1nc(N)nc2c1ncn2[C@@H]1O[C@H](CO[P@](=O)(N[C@@H](C)C(=O)OCc2ccccc2)Oc2ccccc2)[C@@H](O)[C@]12CCO2. The number of nitrogens with two attached hydrogens (primary N) is 1. The van der Waals surface area contributed by atoms with Crippen LogP contribution in [0.1, 0.15) is 25.1 Å². The molecule has 0 saturated carbocycles. The van der Waals surface area contributed by atoms with E-state index in [0.717, 1.165) is 5.56 Å². The van der Waals surface area contributed by atoms with Gasteiger partial charge in [-0.15, -0.1) is 0 Å². The number of fused-ring (bicyclic) bond motifs is 1. The van der Waals surface area contributed by atoms with Gasteiger partial charge in [0.1, 0.15) is 36.2 Å². The van der Waals surface area contributed by atoms with Crippen molar-refractivity contribution >= 4 is 30.8 Å². The molecular formula is C29H33N6O9P. The quantitative estimate of drug-likeness (QED) is 0.151. The van der Waals surface area contributed by atoms with Crippen molar-refractivity contribution in [3.63, 3.8) is 0 Å². The molecule has 15 nitrogen and oxygen atoms in total. The molecule has 2 aliphatic rings. The van der Waals surface area contributed by atoms with E-state index in [4.69, 9.17) is 33.7 Å². The van der Waals surface area contributed by atoms with Crippen LogP contribution in [0.25, 0.3) is 11.2 Å². The summed E-state index contributed by atoms with van der Waals surface area (Å²) in [6, 6.07) is 16.4. The fourth-order valence-electron chi connectivity index (χ4n) is 5.26. The Hall–Kier alpha value is -4.11. The van der Waals surface area contributed by atoms with Gasteiger partial charge in [0.2, 0.25) is 11.8 Å². The van der Waals surface area contributed by atoms with Crippen molar-refractivity contribution in [2.45, 2.75) is 50.0 Å². The molecule has 6 rings (SSSR count). The molecule has 4 heterocycles. The van der Waals surface area contributed by atoms with E-state index in [1.807, 2.05) is 30.3 Å². The Kier molecular flexibility index (Phi) is 8.73. The van der Waals surface area contributed by atoms with Crippen molar-refractivity contribution in [2.24, 2.45) is 0 Å². The summed E-state index contributed by atoms with van der Waals surface area (Å²) in [6.45, 7) is 1.52. The number of hydrogen-bond donors (Lipinski definition) is 3. The maximum atomic E-state index is 14.1. The summed E-state index contributed by atoms with van der Waals surface area (Å²) < 4.78 is 50.1. The molecule has 1 spiro atoms. The lowest BCUT2D eigenvalue weighted by molar-refractivity contribution is -0.225. The Morgan fingerprint density at radius 2 is 1.91 bits per heavy atom. The van der Waals surface area contributed by atoms with Crippen molar-refractivity contribution in [3.05, 3.63) is 72.6 Å². The first-order valence-electron chi connectivity index (χ1n) is 14.2. The number of para-hydroxylation sites is 1. The van der Waals surface area contributed by atoms with Gasteiger partial charge in [-0.1, -0.05) is 48.5 Å². The first-order chi connectivity index (χ1) is 21.7. The molecule has 2 aromatic carbocycles. The Balaban J connectivity index is 1.20. The number of rotatable bonds is 12. The number of methoxy groups -OCH3 is 1. The van der Waals surface area contributed by atoms with Crippen LogP contribution in [-0.4, -0.2) is 74.8 Å². The minimum atomic E-state index is -4.25. The lowest BCUT2D eigenvalue weighted by atomic mass is 9.86. The summed E-state index contributed by atoms with van der Waals surface area (Å²) in [4.78, 5) is 25.5. The van der Waals surface area contributed by atoms with Crippen molar-refractivity contribution in [1.29, 1.82) is 0 Å². The highest BCUT2D eigenvalue weighted by Gasteiger charge is 2.62. The number of nitrogen functional groups attached to an aromatic ring is 1. The lowest BCUT2D eigenvalue weighted by Gasteiger charge is -2.44. The third kappa shape index (κ3) is 6.23. The smallest absolute Gasteiger partial charge is 0.459 e. The minimum absolute atomic E-state index is 0.0351. The molecule has 2 saturated heterocycles. The number of ether oxygens (including phenoxy) is 4. The molecule has 4 aromatic rings. The van der Waals surface area contributed by atoms with Gasteiger partial charge in [0, 0.05) is 6.42 Å². The van der Waals surface area contributed by atoms with Gasteiger partial charge in [-0.2, -0.15) is 15.1 Å². The zero-order valence-corrected chi connectivity index (χ0v) is 25.4. The number of benzene rings is 2. The number of imidazole rings is 1. The second kappa shape index (κ2) is 12.7. The lowest BCUT2D eigenvalue weighted by Crippen LogP contribution is -2.56. The molecule has 4 N–H and O–H groups in total. The van der Waals surface area contributed by atoms with Gasteiger partial charge in [0.05, 0.1) is 26.7 Å². The van der Waals surface area contributed by atoms with E-state index >= 15 is 0 Å². The summed E-state index contributed by atoms with van der Waals surface area (Å²) >= 11 is 0. The Bertz CT molecular complexity index is 1690. The molecule has 0 aliphatic carbocycles. The van der Waals surface area contributed by atoms with E-state index in [0.29, 0.717) is 24.2 Å². The summed E-state index contributed by atoms with van der Waals surface area (Å²) in [7, 11) is -2.81. The highest BCUT2D eigenvalue weighted by atomic mass is 31.2. The maximum absolute atomic E-state index is 14.1. The Labute approximate surface area is 258 Å². The van der Waals surface area contributed by atoms with Gasteiger partial charge >= 0.3 is 13.7 Å². The highest BCUT2D eigenvalue weighted by molar-refractivity contribution is 7.52. The van der Waals surface area contributed by atoms with Crippen molar-refractivity contribution in [1.82, 2.24) is 24.6 Å². The highest BCUT2D eigenvalue weighted by Crippen LogP contribution is 2.51. The molecule has 238 valence electrons. The monoisotopic (exact) mass is 640 g/mol. The summed E-state index contributed by atoms with van der Waals surface area (Å²) in [5.41, 5.74) is 6.19. The molecule has 0 radical (unpaired) electrons. The van der Waals surface area contributed by atoms with Crippen LogP contribution < -0.4 is 20.1 Å². The molecule has 0 unspecified atom stereocenters. The average molecular weight is 641 g/mol. The number of aliphatic hydroxyl groups is 1. The maximum Gasteiger partial charge on any atom is 0.459 e. The Morgan fingerprint density at radius 1 is 1.20 bits per heavy atom. The molecule has 0 bridgehead atoms. The second-order valence-electron chi connectivity index (χ2n) is 10.6. The molecule has 0 amide bonds. The molecule has 2 fully saturated rings. The number of nitrogens with zero attached hydrogens (tertiary/aromatic N) is 4. The number of carbonyl (C=O) groups is 1. The van der Waals surface area contributed by atoms with Crippen molar-refractivity contribution in [3.8, 4) is 11.6 Å². The van der Waals surface area contributed by atoms with Crippen LogP contribution >= 0.6 is 7.75 Å². The number of hydrogen-bond acceptors (Lipinski definition) is 13. The van der Waals surface area contributed by atoms with Gasteiger partial charge in [-0.25, -0.2) is 9.55 Å². The normalized spacial score (nSPS) is 24.6. The predicted molar refractivity (Wildman–Crippen MR) is 159 cm³/mol. The minimum Gasteiger partial charge on any atom is -0.479 e. The Morgan fingerprint density at radius 3 is 2.58 bits per heavy atom. The van der Waals surface area contributed by atoms with E-state index in [9.17, 15) is 14.5 Å².